The molecular weight excluding hydrogens is 286 g/mol. The van der Waals surface area contributed by atoms with Gasteiger partial charge in [0.2, 0.25) is 5.16 Å². The quantitative estimate of drug-likeness (QED) is 0.723. The first-order valence-corrected chi connectivity index (χ1v) is 8.33. The van der Waals surface area contributed by atoms with Gasteiger partial charge in [-0.2, -0.15) is 11.3 Å². The van der Waals surface area contributed by atoms with Crippen molar-refractivity contribution in [1.29, 1.82) is 0 Å². The van der Waals surface area contributed by atoms with E-state index in [1.54, 1.807) is 23.1 Å². The minimum atomic E-state index is 0.799. The molecule has 2 aromatic heterocycles. The molecule has 0 radical (unpaired) electrons. The number of rotatable bonds is 5. The first kappa shape index (κ1) is 13.4. The molecule has 3 rings (SSSR count). The zero-order chi connectivity index (χ0) is 13.8. The van der Waals surface area contributed by atoms with Crippen LogP contribution in [-0.4, -0.2) is 15.2 Å². The van der Waals surface area contributed by atoms with Gasteiger partial charge >= 0.3 is 0 Å². The van der Waals surface area contributed by atoms with Crippen LogP contribution in [0.5, 0.6) is 0 Å². The minimum Gasteiger partial charge on any atom is -0.262 e. The minimum absolute atomic E-state index is 0.799. The fraction of sp³-hybridized carbons (Fsp3) is 0.200. The molecule has 0 saturated heterocycles. The van der Waals surface area contributed by atoms with Crippen LogP contribution in [0.3, 0.4) is 0 Å². The number of H-pyrrole nitrogens is 1. The summed E-state index contributed by atoms with van der Waals surface area (Å²) in [6.07, 6.45) is 0.799. The number of aryl methyl sites for hydroxylation is 1. The van der Waals surface area contributed by atoms with Gasteiger partial charge in [0, 0.05) is 12.2 Å². The fourth-order valence-corrected chi connectivity index (χ4v) is 3.49. The summed E-state index contributed by atoms with van der Waals surface area (Å²) in [6, 6.07) is 10.6. The fourth-order valence-electron chi connectivity index (χ4n) is 1.96. The molecule has 3 nitrogen and oxygen atoms in total. The molecule has 20 heavy (non-hydrogen) atoms. The maximum Gasteiger partial charge on any atom is 0.208 e. The standard InChI is InChI=1S/C15H15N3S2/c1-11-3-2-4-12(7-11)8-14-16-15(18-17-14)20-10-13-5-6-19-9-13/h2-7,9H,8,10H2,1H3,(H,16,17,18). The van der Waals surface area contributed by atoms with Gasteiger partial charge < -0.3 is 0 Å². The number of hydrogen-bond donors (Lipinski definition) is 1. The van der Waals surface area contributed by atoms with E-state index in [9.17, 15) is 0 Å². The smallest absolute Gasteiger partial charge is 0.208 e. The van der Waals surface area contributed by atoms with Crippen LogP contribution in [0.15, 0.2) is 46.2 Å². The van der Waals surface area contributed by atoms with Gasteiger partial charge in [0.05, 0.1) is 0 Å². The van der Waals surface area contributed by atoms with Crippen LogP contribution < -0.4 is 0 Å². The van der Waals surface area contributed by atoms with Gasteiger partial charge in [-0.05, 0) is 34.9 Å². The summed E-state index contributed by atoms with van der Waals surface area (Å²) in [5, 5.41) is 12.4. The van der Waals surface area contributed by atoms with Gasteiger partial charge in [-0.1, -0.05) is 41.6 Å². The summed E-state index contributed by atoms with van der Waals surface area (Å²) in [4.78, 5) is 4.53. The predicted octanol–water partition coefficient (Wildman–Crippen LogP) is 4.06. The topological polar surface area (TPSA) is 41.6 Å². The van der Waals surface area contributed by atoms with Crippen molar-refractivity contribution in [1.82, 2.24) is 15.2 Å². The van der Waals surface area contributed by atoms with Crippen molar-refractivity contribution < 1.29 is 0 Å². The molecule has 0 fully saturated rings. The van der Waals surface area contributed by atoms with E-state index in [0.29, 0.717) is 0 Å². The summed E-state index contributed by atoms with van der Waals surface area (Å²) in [5.41, 5.74) is 3.86. The van der Waals surface area contributed by atoms with Gasteiger partial charge in [-0.15, -0.1) is 5.10 Å². The molecule has 0 atom stereocenters. The second-order valence-corrected chi connectivity index (χ2v) is 6.37. The molecule has 3 aromatic rings. The Labute approximate surface area is 126 Å². The Bertz CT molecular complexity index is 674. The number of benzene rings is 1. The van der Waals surface area contributed by atoms with Crippen LogP contribution in [0.4, 0.5) is 0 Å². The SMILES string of the molecule is Cc1cccc(Cc2nc(SCc3ccsc3)n[nH]2)c1. The number of nitrogens with one attached hydrogen (secondary N) is 1. The molecule has 0 amide bonds. The van der Waals surface area contributed by atoms with Crippen LogP contribution in [0.1, 0.15) is 22.5 Å². The van der Waals surface area contributed by atoms with E-state index in [0.717, 1.165) is 23.2 Å². The van der Waals surface area contributed by atoms with E-state index in [-0.39, 0.29) is 0 Å². The Morgan fingerprint density at radius 3 is 3.00 bits per heavy atom. The number of aromatic nitrogens is 3. The molecule has 0 aliphatic rings. The molecular formula is C15H15N3S2. The number of thioether (sulfide) groups is 1. The van der Waals surface area contributed by atoms with E-state index in [2.05, 4.69) is 63.2 Å². The molecule has 0 aliphatic carbocycles. The maximum absolute atomic E-state index is 4.53. The van der Waals surface area contributed by atoms with Gasteiger partial charge in [-0.3, -0.25) is 5.10 Å². The van der Waals surface area contributed by atoms with Crippen molar-refractivity contribution in [3.8, 4) is 0 Å². The first-order chi connectivity index (χ1) is 9.79. The third kappa shape index (κ3) is 3.49. The third-order valence-electron chi connectivity index (χ3n) is 2.91. The lowest BCUT2D eigenvalue weighted by Crippen LogP contribution is -1.91. The van der Waals surface area contributed by atoms with Crippen molar-refractivity contribution in [3.05, 3.63) is 63.6 Å². The maximum atomic E-state index is 4.53. The Kier molecular flexibility index (Phi) is 4.18. The summed E-state index contributed by atoms with van der Waals surface area (Å²) < 4.78 is 0. The van der Waals surface area contributed by atoms with Crippen LogP contribution >= 0.6 is 23.1 Å². The molecule has 0 spiro atoms. The zero-order valence-electron chi connectivity index (χ0n) is 11.2. The highest BCUT2D eigenvalue weighted by Crippen LogP contribution is 2.21. The number of hydrogen-bond acceptors (Lipinski definition) is 4. The average Bonchev–Trinajstić information content (AvgIpc) is 3.07. The van der Waals surface area contributed by atoms with Gasteiger partial charge in [0.25, 0.3) is 0 Å². The Hall–Kier alpha value is -1.59. The van der Waals surface area contributed by atoms with Crippen molar-refractivity contribution in [2.45, 2.75) is 24.3 Å². The molecule has 0 unspecified atom stereocenters. The number of aromatic amines is 1. The molecule has 0 bridgehead atoms. The van der Waals surface area contributed by atoms with Crippen LogP contribution in [0.2, 0.25) is 0 Å². The molecule has 5 heteroatoms. The molecule has 1 N–H and O–H groups in total. The van der Waals surface area contributed by atoms with E-state index >= 15 is 0 Å². The van der Waals surface area contributed by atoms with Crippen LogP contribution in [0.25, 0.3) is 0 Å². The molecule has 102 valence electrons. The monoisotopic (exact) mass is 301 g/mol. The van der Waals surface area contributed by atoms with E-state index in [1.807, 2.05) is 0 Å². The molecule has 2 heterocycles. The van der Waals surface area contributed by atoms with E-state index in [4.69, 9.17) is 0 Å². The lowest BCUT2D eigenvalue weighted by molar-refractivity contribution is 0.956. The van der Waals surface area contributed by atoms with Gasteiger partial charge in [0.1, 0.15) is 5.82 Å². The number of nitrogens with zero attached hydrogens (tertiary/aromatic N) is 2. The highest BCUT2D eigenvalue weighted by atomic mass is 32.2. The predicted molar refractivity (Wildman–Crippen MR) is 84.2 cm³/mol. The van der Waals surface area contributed by atoms with Gasteiger partial charge in [0.15, 0.2) is 0 Å². The third-order valence-corrected chi connectivity index (χ3v) is 4.56. The van der Waals surface area contributed by atoms with Crippen molar-refractivity contribution >= 4 is 23.1 Å². The highest BCUT2D eigenvalue weighted by Gasteiger charge is 2.05. The lowest BCUT2D eigenvalue weighted by atomic mass is 10.1. The Morgan fingerprint density at radius 1 is 1.25 bits per heavy atom. The summed E-state index contributed by atoms with van der Waals surface area (Å²) >= 11 is 3.39. The lowest BCUT2D eigenvalue weighted by Gasteiger charge is -1.98. The highest BCUT2D eigenvalue weighted by molar-refractivity contribution is 7.98. The van der Waals surface area contributed by atoms with Crippen LogP contribution in [-0.2, 0) is 12.2 Å². The van der Waals surface area contributed by atoms with Crippen molar-refractivity contribution in [2.24, 2.45) is 0 Å². The second-order valence-electron chi connectivity index (χ2n) is 4.65. The summed E-state index contributed by atoms with van der Waals surface area (Å²) in [6.45, 7) is 2.10. The normalized spacial score (nSPS) is 10.8. The van der Waals surface area contributed by atoms with Crippen molar-refractivity contribution in [3.63, 3.8) is 0 Å². The second kappa shape index (κ2) is 6.24. The molecule has 0 saturated carbocycles. The van der Waals surface area contributed by atoms with Crippen molar-refractivity contribution in [2.75, 3.05) is 0 Å². The Morgan fingerprint density at radius 2 is 2.20 bits per heavy atom. The van der Waals surface area contributed by atoms with E-state index < -0.39 is 0 Å². The summed E-state index contributed by atoms with van der Waals surface area (Å²) in [7, 11) is 0. The number of thiophene rings is 1. The van der Waals surface area contributed by atoms with E-state index in [1.165, 1.54) is 16.7 Å². The zero-order valence-corrected chi connectivity index (χ0v) is 12.8. The molecule has 1 aromatic carbocycles. The Balaban J connectivity index is 1.62. The average molecular weight is 301 g/mol. The molecule has 0 aliphatic heterocycles. The largest absolute Gasteiger partial charge is 0.262 e. The van der Waals surface area contributed by atoms with Crippen LogP contribution in [0, 0.1) is 6.92 Å². The first-order valence-electron chi connectivity index (χ1n) is 6.40. The van der Waals surface area contributed by atoms with Gasteiger partial charge in [-0.25, -0.2) is 4.98 Å². The summed E-state index contributed by atoms with van der Waals surface area (Å²) in [5.74, 6) is 1.84.